The van der Waals surface area contributed by atoms with Gasteiger partial charge < -0.3 is 10.6 Å². The van der Waals surface area contributed by atoms with Crippen LogP contribution in [-0.2, 0) is 17.8 Å². The number of nitrogens with zero attached hydrogens (tertiary/aromatic N) is 1. The summed E-state index contributed by atoms with van der Waals surface area (Å²) in [5.74, 6) is 0.444. The topological polar surface area (TPSA) is 54.0 Å². The number of rotatable bonds is 6. The Bertz CT molecular complexity index is 835. The summed E-state index contributed by atoms with van der Waals surface area (Å²) in [7, 11) is 0. The zero-order valence-electron chi connectivity index (χ0n) is 13.6. The minimum Gasteiger partial charge on any atom is -0.380 e. The number of nitrogens with one attached hydrogen (secondary N) is 2. The molecule has 2 aromatic carbocycles. The summed E-state index contributed by atoms with van der Waals surface area (Å²) < 4.78 is 0. The van der Waals surface area contributed by atoms with E-state index in [1.165, 1.54) is 0 Å². The van der Waals surface area contributed by atoms with E-state index < -0.39 is 0 Å². The van der Waals surface area contributed by atoms with Gasteiger partial charge in [0, 0.05) is 11.6 Å². The van der Waals surface area contributed by atoms with Crippen LogP contribution in [0.15, 0.2) is 72.9 Å². The molecule has 5 heteroatoms. The minimum atomic E-state index is -0.0875. The molecule has 1 amide bonds. The standard InChI is InChI=1S/C20H18ClN3O/c21-18-9-5-4-8-16(18)13-22-17-10-11-19(23-14-17)24-20(25)12-15-6-2-1-3-7-15/h1-11,14,22H,12-13H2,(H,23,24,25). The van der Waals surface area contributed by atoms with E-state index in [0.717, 1.165) is 21.8 Å². The second-order valence-electron chi connectivity index (χ2n) is 5.59. The largest absolute Gasteiger partial charge is 0.380 e. The quantitative estimate of drug-likeness (QED) is 0.686. The summed E-state index contributed by atoms with van der Waals surface area (Å²) in [6, 6.07) is 21.0. The predicted octanol–water partition coefficient (Wildman–Crippen LogP) is 4.53. The van der Waals surface area contributed by atoms with Crippen LogP contribution in [0.2, 0.25) is 5.02 Å². The number of carbonyl (C=O) groups is 1. The lowest BCUT2D eigenvalue weighted by Gasteiger charge is -2.09. The fourth-order valence-corrected chi connectivity index (χ4v) is 2.58. The van der Waals surface area contributed by atoms with E-state index in [-0.39, 0.29) is 5.91 Å². The second kappa shape index (κ2) is 8.31. The molecule has 2 N–H and O–H groups in total. The van der Waals surface area contributed by atoms with Gasteiger partial charge in [0.15, 0.2) is 0 Å². The van der Waals surface area contributed by atoms with E-state index >= 15 is 0 Å². The van der Waals surface area contributed by atoms with Crippen molar-refractivity contribution in [1.29, 1.82) is 0 Å². The minimum absolute atomic E-state index is 0.0875. The van der Waals surface area contributed by atoms with Gasteiger partial charge in [-0.3, -0.25) is 4.79 Å². The van der Waals surface area contributed by atoms with Gasteiger partial charge in [-0.2, -0.15) is 0 Å². The van der Waals surface area contributed by atoms with E-state index in [1.807, 2.05) is 60.7 Å². The third-order valence-corrected chi connectivity index (χ3v) is 4.05. The van der Waals surface area contributed by atoms with Crippen LogP contribution >= 0.6 is 11.6 Å². The Balaban J connectivity index is 1.53. The Morgan fingerprint density at radius 3 is 2.44 bits per heavy atom. The Labute approximate surface area is 151 Å². The maximum atomic E-state index is 12.0. The monoisotopic (exact) mass is 351 g/mol. The van der Waals surface area contributed by atoms with Crippen LogP contribution in [0, 0.1) is 0 Å². The second-order valence-corrected chi connectivity index (χ2v) is 5.99. The molecule has 25 heavy (non-hydrogen) atoms. The van der Waals surface area contributed by atoms with Crippen molar-refractivity contribution in [3.63, 3.8) is 0 Å². The van der Waals surface area contributed by atoms with Crippen molar-refractivity contribution in [3.8, 4) is 0 Å². The summed E-state index contributed by atoms with van der Waals surface area (Å²) in [5.41, 5.74) is 2.85. The molecule has 3 rings (SSSR count). The number of benzene rings is 2. The Hall–Kier alpha value is -2.85. The molecule has 1 aromatic heterocycles. The van der Waals surface area contributed by atoms with Gasteiger partial charge in [0.25, 0.3) is 0 Å². The molecule has 0 unspecified atom stereocenters. The molecular formula is C20H18ClN3O. The number of anilines is 2. The van der Waals surface area contributed by atoms with Crippen LogP contribution in [-0.4, -0.2) is 10.9 Å². The lowest BCUT2D eigenvalue weighted by atomic mass is 10.1. The van der Waals surface area contributed by atoms with Crippen LogP contribution < -0.4 is 10.6 Å². The normalized spacial score (nSPS) is 10.3. The Morgan fingerprint density at radius 2 is 1.72 bits per heavy atom. The van der Waals surface area contributed by atoms with Gasteiger partial charge in [-0.15, -0.1) is 0 Å². The summed E-state index contributed by atoms with van der Waals surface area (Å²) >= 11 is 6.14. The fraction of sp³-hybridized carbons (Fsp3) is 0.100. The van der Waals surface area contributed by atoms with Crippen molar-refractivity contribution in [2.24, 2.45) is 0 Å². The van der Waals surface area contributed by atoms with Crippen LogP contribution in [0.1, 0.15) is 11.1 Å². The van der Waals surface area contributed by atoms with Gasteiger partial charge in [0.2, 0.25) is 5.91 Å². The molecule has 0 fully saturated rings. The van der Waals surface area contributed by atoms with E-state index in [4.69, 9.17) is 11.6 Å². The number of aromatic nitrogens is 1. The maximum absolute atomic E-state index is 12.0. The predicted molar refractivity (Wildman–Crippen MR) is 102 cm³/mol. The first kappa shape index (κ1) is 17.0. The van der Waals surface area contributed by atoms with Gasteiger partial charge in [0.1, 0.15) is 5.82 Å². The van der Waals surface area contributed by atoms with Crippen LogP contribution in [0.5, 0.6) is 0 Å². The number of hydrogen-bond donors (Lipinski definition) is 2. The molecule has 0 atom stereocenters. The van der Waals surface area contributed by atoms with E-state index in [9.17, 15) is 4.79 Å². The van der Waals surface area contributed by atoms with Crippen molar-refractivity contribution in [1.82, 2.24) is 4.98 Å². The summed E-state index contributed by atoms with van der Waals surface area (Å²) in [6.45, 7) is 0.612. The van der Waals surface area contributed by atoms with Gasteiger partial charge in [-0.1, -0.05) is 60.1 Å². The maximum Gasteiger partial charge on any atom is 0.229 e. The van der Waals surface area contributed by atoms with Crippen molar-refractivity contribution in [2.75, 3.05) is 10.6 Å². The number of amides is 1. The van der Waals surface area contributed by atoms with Gasteiger partial charge >= 0.3 is 0 Å². The van der Waals surface area contributed by atoms with Crippen LogP contribution in [0.4, 0.5) is 11.5 Å². The van der Waals surface area contributed by atoms with E-state index in [2.05, 4.69) is 15.6 Å². The van der Waals surface area contributed by atoms with Crippen molar-refractivity contribution in [3.05, 3.63) is 89.1 Å². The van der Waals surface area contributed by atoms with Gasteiger partial charge in [0.05, 0.1) is 18.3 Å². The molecule has 126 valence electrons. The van der Waals surface area contributed by atoms with Crippen LogP contribution in [0.3, 0.4) is 0 Å². The number of hydrogen-bond acceptors (Lipinski definition) is 3. The average molecular weight is 352 g/mol. The van der Waals surface area contributed by atoms with E-state index in [1.54, 1.807) is 12.3 Å². The van der Waals surface area contributed by atoms with Crippen molar-refractivity contribution in [2.45, 2.75) is 13.0 Å². The summed E-state index contributed by atoms with van der Waals surface area (Å²) in [6.07, 6.45) is 2.02. The molecule has 0 spiro atoms. The highest BCUT2D eigenvalue weighted by Gasteiger charge is 2.05. The lowest BCUT2D eigenvalue weighted by molar-refractivity contribution is -0.115. The molecule has 0 aliphatic heterocycles. The summed E-state index contributed by atoms with van der Waals surface area (Å²) in [4.78, 5) is 16.3. The molecule has 0 saturated heterocycles. The zero-order valence-corrected chi connectivity index (χ0v) is 14.3. The highest BCUT2D eigenvalue weighted by atomic mass is 35.5. The van der Waals surface area contributed by atoms with Crippen LogP contribution in [0.25, 0.3) is 0 Å². The molecule has 3 aromatic rings. The molecular weight excluding hydrogens is 334 g/mol. The molecule has 0 radical (unpaired) electrons. The average Bonchev–Trinajstić information content (AvgIpc) is 2.63. The molecule has 0 aliphatic rings. The first-order chi connectivity index (χ1) is 12.2. The molecule has 0 saturated carbocycles. The number of halogens is 1. The number of carbonyl (C=O) groups excluding carboxylic acids is 1. The third kappa shape index (κ3) is 5.06. The lowest BCUT2D eigenvalue weighted by Crippen LogP contribution is -2.15. The molecule has 0 aliphatic carbocycles. The zero-order chi connectivity index (χ0) is 17.5. The molecule has 1 heterocycles. The first-order valence-electron chi connectivity index (χ1n) is 7.98. The SMILES string of the molecule is O=C(Cc1ccccc1)Nc1ccc(NCc2ccccc2Cl)cn1. The highest BCUT2D eigenvalue weighted by Crippen LogP contribution is 2.17. The Kier molecular flexibility index (Phi) is 5.65. The van der Waals surface area contributed by atoms with Crippen molar-refractivity contribution < 1.29 is 4.79 Å². The third-order valence-electron chi connectivity index (χ3n) is 3.68. The first-order valence-corrected chi connectivity index (χ1v) is 8.35. The van der Waals surface area contributed by atoms with E-state index in [0.29, 0.717) is 18.8 Å². The van der Waals surface area contributed by atoms with Gasteiger partial charge in [-0.05, 0) is 29.3 Å². The van der Waals surface area contributed by atoms with Crippen molar-refractivity contribution >= 4 is 29.0 Å². The summed E-state index contributed by atoms with van der Waals surface area (Å²) in [5, 5.41) is 6.79. The van der Waals surface area contributed by atoms with Gasteiger partial charge in [-0.25, -0.2) is 4.98 Å². The fourth-order valence-electron chi connectivity index (χ4n) is 2.38. The highest BCUT2D eigenvalue weighted by molar-refractivity contribution is 6.31. The molecule has 0 bridgehead atoms. The number of pyridine rings is 1. The smallest absolute Gasteiger partial charge is 0.229 e. The molecule has 4 nitrogen and oxygen atoms in total. The Morgan fingerprint density at radius 1 is 0.960 bits per heavy atom.